The second kappa shape index (κ2) is 10.4. The molecule has 0 radical (unpaired) electrons. The summed E-state index contributed by atoms with van der Waals surface area (Å²) in [6, 6.07) is 13.9. The predicted octanol–water partition coefficient (Wildman–Crippen LogP) is 5.49. The molecule has 1 N–H and O–H groups in total. The standard InChI is InChI=1S/C29H30Cl2N4O3S/c30-24-2-1-3-26(27(24)31)39(37,38)33-25-7-6-20-4-5-21(18-23(20)25)28(36)35-17-12-29(19-35)10-15-34(16-11-29)22-8-13-32-14-9-22/h1-5,8-9,13-14,18,25,33H,6-7,10-12,15-17,19H2/t25-/m1/s1. The highest BCUT2D eigenvalue weighted by molar-refractivity contribution is 7.89. The van der Waals surface area contributed by atoms with Gasteiger partial charge in [-0.25, -0.2) is 13.1 Å². The molecule has 1 amide bonds. The second-order valence-electron chi connectivity index (χ2n) is 10.8. The molecular weight excluding hydrogens is 555 g/mol. The molecule has 2 aliphatic heterocycles. The quantitative estimate of drug-likeness (QED) is 0.429. The fraction of sp³-hybridized carbons (Fsp3) is 0.379. The zero-order valence-electron chi connectivity index (χ0n) is 21.4. The van der Waals surface area contributed by atoms with E-state index >= 15 is 0 Å². The summed E-state index contributed by atoms with van der Waals surface area (Å²) in [5.41, 5.74) is 3.86. The fourth-order valence-corrected chi connectivity index (χ4v) is 8.30. The number of benzene rings is 2. The van der Waals surface area contributed by atoms with Gasteiger partial charge < -0.3 is 9.80 Å². The van der Waals surface area contributed by atoms with Crippen LogP contribution >= 0.6 is 23.2 Å². The number of aryl methyl sites for hydroxylation is 1. The van der Waals surface area contributed by atoms with Crippen LogP contribution in [-0.2, 0) is 16.4 Å². The molecule has 3 aliphatic rings. The van der Waals surface area contributed by atoms with Gasteiger partial charge in [0, 0.05) is 55.9 Å². The number of likely N-dealkylation sites (tertiary alicyclic amines) is 1. The van der Waals surface area contributed by atoms with E-state index in [1.165, 1.54) is 11.8 Å². The Hall–Kier alpha value is -2.65. The molecule has 3 aromatic rings. The van der Waals surface area contributed by atoms with E-state index in [1.54, 1.807) is 12.1 Å². The third-order valence-corrected chi connectivity index (χ3v) is 11.0. The third kappa shape index (κ3) is 5.15. The average Bonchev–Trinajstić information content (AvgIpc) is 3.54. The summed E-state index contributed by atoms with van der Waals surface area (Å²) in [6.07, 6.45) is 8.13. The number of carbonyl (C=O) groups is 1. The Morgan fingerprint density at radius 2 is 1.74 bits per heavy atom. The number of hydrogen-bond acceptors (Lipinski definition) is 5. The first-order chi connectivity index (χ1) is 18.7. The van der Waals surface area contributed by atoms with Crippen molar-refractivity contribution in [1.29, 1.82) is 0 Å². The number of anilines is 1. The lowest BCUT2D eigenvalue weighted by Gasteiger charge is -2.40. The number of sulfonamides is 1. The molecule has 6 rings (SSSR count). The number of carbonyl (C=O) groups excluding carboxylic acids is 1. The fourth-order valence-electron chi connectivity index (χ4n) is 6.29. The van der Waals surface area contributed by atoms with Gasteiger partial charge in [-0.2, -0.15) is 0 Å². The lowest BCUT2D eigenvalue weighted by molar-refractivity contribution is 0.0764. The van der Waals surface area contributed by atoms with Gasteiger partial charge >= 0.3 is 0 Å². The van der Waals surface area contributed by atoms with E-state index in [1.807, 2.05) is 47.6 Å². The highest BCUT2D eigenvalue weighted by atomic mass is 35.5. The number of hydrogen-bond donors (Lipinski definition) is 1. The minimum Gasteiger partial charge on any atom is -0.371 e. The van der Waals surface area contributed by atoms with Gasteiger partial charge in [0.1, 0.15) is 4.90 Å². The van der Waals surface area contributed by atoms with Gasteiger partial charge in [-0.05, 0) is 85.0 Å². The topological polar surface area (TPSA) is 82.6 Å². The number of amides is 1. The molecule has 3 heterocycles. The van der Waals surface area contributed by atoms with Gasteiger partial charge in [0.2, 0.25) is 10.0 Å². The average molecular weight is 586 g/mol. The van der Waals surface area contributed by atoms with E-state index in [0.717, 1.165) is 63.0 Å². The van der Waals surface area contributed by atoms with E-state index < -0.39 is 16.1 Å². The van der Waals surface area contributed by atoms with E-state index in [-0.39, 0.29) is 26.3 Å². The summed E-state index contributed by atoms with van der Waals surface area (Å²) in [5.74, 6) is 0.0117. The Kier molecular flexibility index (Phi) is 7.08. The van der Waals surface area contributed by atoms with Gasteiger partial charge in [-0.3, -0.25) is 9.78 Å². The summed E-state index contributed by atoms with van der Waals surface area (Å²) < 4.78 is 29.1. The Balaban J connectivity index is 1.14. The molecule has 0 bridgehead atoms. The molecule has 2 aromatic carbocycles. The first-order valence-electron chi connectivity index (χ1n) is 13.3. The van der Waals surface area contributed by atoms with Crippen molar-refractivity contribution in [2.24, 2.45) is 5.41 Å². The third-order valence-electron chi connectivity index (χ3n) is 8.55. The van der Waals surface area contributed by atoms with E-state index in [0.29, 0.717) is 12.0 Å². The molecule has 204 valence electrons. The van der Waals surface area contributed by atoms with Crippen LogP contribution in [0, 0.1) is 5.41 Å². The molecule has 0 saturated carbocycles. The lowest BCUT2D eigenvalue weighted by atomic mass is 9.77. The molecule has 1 spiro atoms. The number of nitrogens with one attached hydrogen (secondary N) is 1. The van der Waals surface area contributed by atoms with Crippen molar-refractivity contribution in [3.63, 3.8) is 0 Å². The first kappa shape index (κ1) is 26.6. The minimum absolute atomic E-state index is 0.00314. The van der Waals surface area contributed by atoms with Crippen molar-refractivity contribution in [1.82, 2.24) is 14.6 Å². The van der Waals surface area contributed by atoms with Crippen LogP contribution in [0.25, 0.3) is 0 Å². The number of nitrogens with zero attached hydrogens (tertiary/aromatic N) is 3. The molecular formula is C29H30Cl2N4O3S. The van der Waals surface area contributed by atoms with Gasteiger partial charge in [0.15, 0.2) is 0 Å². The number of halogens is 2. The molecule has 1 atom stereocenters. The summed E-state index contributed by atoms with van der Waals surface area (Å²) in [6.45, 7) is 3.46. The van der Waals surface area contributed by atoms with Crippen LogP contribution in [0.5, 0.6) is 0 Å². The summed E-state index contributed by atoms with van der Waals surface area (Å²) >= 11 is 12.3. The number of piperidine rings is 1. The number of rotatable bonds is 5. The second-order valence-corrected chi connectivity index (χ2v) is 13.3. The van der Waals surface area contributed by atoms with Crippen LogP contribution in [0.15, 0.2) is 65.8 Å². The van der Waals surface area contributed by atoms with Crippen LogP contribution in [0.2, 0.25) is 10.0 Å². The van der Waals surface area contributed by atoms with Crippen LogP contribution in [0.4, 0.5) is 5.69 Å². The van der Waals surface area contributed by atoms with Crippen molar-refractivity contribution >= 4 is 44.8 Å². The van der Waals surface area contributed by atoms with Crippen molar-refractivity contribution < 1.29 is 13.2 Å². The molecule has 1 aromatic heterocycles. The maximum absolute atomic E-state index is 13.6. The van der Waals surface area contributed by atoms with Crippen molar-refractivity contribution in [2.75, 3.05) is 31.1 Å². The van der Waals surface area contributed by atoms with Gasteiger partial charge in [-0.15, -0.1) is 0 Å². The Labute approximate surface area is 239 Å². The Morgan fingerprint density at radius 1 is 1.00 bits per heavy atom. The highest BCUT2D eigenvalue weighted by Crippen LogP contribution is 2.42. The number of fused-ring (bicyclic) bond motifs is 1. The van der Waals surface area contributed by atoms with Crippen LogP contribution in [-0.4, -0.2) is 50.4 Å². The normalized spacial score (nSPS) is 20.4. The predicted molar refractivity (Wildman–Crippen MR) is 153 cm³/mol. The van der Waals surface area contributed by atoms with Crippen molar-refractivity contribution in [3.8, 4) is 0 Å². The SMILES string of the molecule is O=C(c1ccc2c(c1)[C@H](NS(=O)(=O)c1cccc(Cl)c1Cl)CC2)N1CCC2(CCN(c3ccncc3)CC2)C1. The minimum atomic E-state index is -3.90. The van der Waals surface area contributed by atoms with Crippen LogP contribution < -0.4 is 9.62 Å². The van der Waals surface area contributed by atoms with Gasteiger partial charge in [0.25, 0.3) is 5.91 Å². The zero-order valence-corrected chi connectivity index (χ0v) is 23.8. The van der Waals surface area contributed by atoms with Gasteiger partial charge in [0.05, 0.1) is 10.0 Å². The van der Waals surface area contributed by atoms with Crippen molar-refractivity contribution in [3.05, 3.63) is 87.7 Å². The molecule has 10 heteroatoms. The lowest BCUT2D eigenvalue weighted by Crippen LogP contribution is -2.42. The highest BCUT2D eigenvalue weighted by Gasteiger charge is 2.42. The molecule has 2 saturated heterocycles. The molecule has 1 aliphatic carbocycles. The Morgan fingerprint density at radius 3 is 2.51 bits per heavy atom. The van der Waals surface area contributed by atoms with Crippen LogP contribution in [0.3, 0.4) is 0 Å². The largest absolute Gasteiger partial charge is 0.371 e. The van der Waals surface area contributed by atoms with E-state index in [9.17, 15) is 13.2 Å². The zero-order chi connectivity index (χ0) is 27.2. The van der Waals surface area contributed by atoms with Crippen LogP contribution in [0.1, 0.15) is 53.2 Å². The molecule has 7 nitrogen and oxygen atoms in total. The number of aromatic nitrogens is 1. The monoisotopic (exact) mass is 584 g/mol. The Bertz CT molecular complexity index is 1510. The maximum atomic E-state index is 13.6. The first-order valence-corrected chi connectivity index (χ1v) is 15.5. The van der Waals surface area contributed by atoms with Gasteiger partial charge in [-0.1, -0.05) is 35.3 Å². The van der Waals surface area contributed by atoms with E-state index in [4.69, 9.17) is 23.2 Å². The summed E-state index contributed by atoms with van der Waals surface area (Å²) in [4.78, 5) is 22.0. The molecule has 39 heavy (non-hydrogen) atoms. The smallest absolute Gasteiger partial charge is 0.253 e. The number of pyridine rings is 1. The summed E-state index contributed by atoms with van der Waals surface area (Å²) in [5, 5.41) is 0.189. The molecule has 2 fully saturated rings. The maximum Gasteiger partial charge on any atom is 0.253 e. The van der Waals surface area contributed by atoms with Crippen molar-refractivity contribution in [2.45, 2.75) is 43.0 Å². The van der Waals surface area contributed by atoms with E-state index in [2.05, 4.69) is 14.6 Å². The summed E-state index contributed by atoms with van der Waals surface area (Å²) in [7, 11) is -3.90. The molecule has 0 unspecified atom stereocenters.